The molecule has 0 saturated carbocycles. The van der Waals surface area contributed by atoms with Crippen LogP contribution in [0.1, 0.15) is 29.8 Å². The number of hydrogen-bond donors (Lipinski definition) is 2. The van der Waals surface area contributed by atoms with Crippen molar-refractivity contribution in [2.24, 2.45) is 0 Å². The number of esters is 1. The molecule has 2 N–H and O–H groups in total. The molecule has 34 heavy (non-hydrogen) atoms. The van der Waals surface area contributed by atoms with Crippen molar-refractivity contribution < 1.29 is 28.6 Å². The van der Waals surface area contributed by atoms with E-state index in [2.05, 4.69) is 10.6 Å². The zero-order valence-corrected chi connectivity index (χ0v) is 19.0. The number of para-hydroxylation sites is 2. The molecule has 0 aliphatic rings. The molecule has 3 aromatic rings. The van der Waals surface area contributed by atoms with Gasteiger partial charge in [-0.2, -0.15) is 0 Å². The van der Waals surface area contributed by atoms with E-state index in [1.54, 1.807) is 54.6 Å². The highest BCUT2D eigenvalue weighted by atomic mass is 16.5. The van der Waals surface area contributed by atoms with Gasteiger partial charge in [-0.05, 0) is 55.0 Å². The first-order chi connectivity index (χ1) is 16.4. The third-order valence-electron chi connectivity index (χ3n) is 4.56. The van der Waals surface area contributed by atoms with Gasteiger partial charge in [0, 0.05) is 24.7 Å². The van der Waals surface area contributed by atoms with Crippen molar-refractivity contribution in [2.75, 3.05) is 18.5 Å². The van der Waals surface area contributed by atoms with Crippen LogP contribution in [0.15, 0.2) is 72.8 Å². The number of anilines is 1. The highest BCUT2D eigenvalue weighted by Gasteiger charge is 2.10. The van der Waals surface area contributed by atoms with E-state index in [-0.39, 0.29) is 18.4 Å². The lowest BCUT2D eigenvalue weighted by Gasteiger charge is -2.12. The summed E-state index contributed by atoms with van der Waals surface area (Å²) in [5.41, 5.74) is 1.84. The van der Waals surface area contributed by atoms with Crippen LogP contribution in [0.4, 0.5) is 5.69 Å². The highest BCUT2D eigenvalue weighted by molar-refractivity contribution is 5.94. The van der Waals surface area contributed by atoms with Crippen molar-refractivity contribution in [3.05, 3.63) is 83.9 Å². The number of ether oxygens (including phenoxy) is 3. The van der Waals surface area contributed by atoms with E-state index in [0.717, 1.165) is 5.56 Å². The standard InChI is InChI=1S/C26H26N2O6/c1-3-32-23-9-4-5-10-24(23)33-17-25(30)28-21-13-11-19(12-14-21)16-27-26(31)20-7-6-8-22(15-20)34-18(2)29/h4-15H,3,16-17H2,1-2H3,(H,27,31)(H,28,30). The van der Waals surface area contributed by atoms with Crippen LogP contribution in [-0.4, -0.2) is 31.0 Å². The largest absolute Gasteiger partial charge is 0.490 e. The average molecular weight is 463 g/mol. The molecule has 0 aromatic heterocycles. The lowest BCUT2D eigenvalue weighted by Crippen LogP contribution is -2.23. The van der Waals surface area contributed by atoms with Gasteiger partial charge in [0.05, 0.1) is 6.61 Å². The minimum absolute atomic E-state index is 0.158. The Morgan fingerprint density at radius 2 is 1.56 bits per heavy atom. The van der Waals surface area contributed by atoms with Gasteiger partial charge in [-0.15, -0.1) is 0 Å². The monoisotopic (exact) mass is 462 g/mol. The van der Waals surface area contributed by atoms with Crippen molar-refractivity contribution in [3.8, 4) is 17.2 Å². The van der Waals surface area contributed by atoms with Crippen molar-refractivity contribution >= 4 is 23.5 Å². The van der Waals surface area contributed by atoms with Gasteiger partial charge >= 0.3 is 5.97 Å². The molecule has 0 fully saturated rings. The first kappa shape index (κ1) is 24.3. The lowest BCUT2D eigenvalue weighted by molar-refractivity contribution is -0.131. The Kier molecular flexibility index (Phi) is 8.62. The molecule has 0 saturated heterocycles. The first-order valence-corrected chi connectivity index (χ1v) is 10.7. The van der Waals surface area contributed by atoms with Crippen LogP contribution >= 0.6 is 0 Å². The van der Waals surface area contributed by atoms with E-state index in [4.69, 9.17) is 14.2 Å². The zero-order valence-electron chi connectivity index (χ0n) is 19.0. The molecule has 3 rings (SSSR count). The summed E-state index contributed by atoms with van der Waals surface area (Å²) in [6.45, 7) is 3.81. The van der Waals surface area contributed by atoms with Crippen molar-refractivity contribution in [3.63, 3.8) is 0 Å². The fraction of sp³-hybridized carbons (Fsp3) is 0.192. The predicted octanol–water partition coefficient (Wildman–Crippen LogP) is 3.96. The van der Waals surface area contributed by atoms with Gasteiger partial charge in [-0.3, -0.25) is 14.4 Å². The SMILES string of the molecule is CCOc1ccccc1OCC(=O)Nc1ccc(CNC(=O)c2cccc(OC(C)=O)c2)cc1. The maximum absolute atomic E-state index is 12.4. The van der Waals surface area contributed by atoms with Gasteiger partial charge in [0.15, 0.2) is 18.1 Å². The van der Waals surface area contributed by atoms with E-state index in [1.165, 1.54) is 13.0 Å². The molecule has 0 aliphatic carbocycles. The van der Waals surface area contributed by atoms with Gasteiger partial charge in [0.1, 0.15) is 5.75 Å². The number of rotatable bonds is 10. The molecule has 8 nitrogen and oxygen atoms in total. The molecule has 0 spiro atoms. The topological polar surface area (TPSA) is 103 Å². The zero-order chi connectivity index (χ0) is 24.3. The number of nitrogens with one attached hydrogen (secondary N) is 2. The predicted molar refractivity (Wildman–Crippen MR) is 127 cm³/mol. The number of amides is 2. The van der Waals surface area contributed by atoms with Gasteiger partial charge < -0.3 is 24.8 Å². The quantitative estimate of drug-likeness (QED) is 0.349. The maximum atomic E-state index is 12.4. The Morgan fingerprint density at radius 3 is 2.24 bits per heavy atom. The molecule has 0 unspecified atom stereocenters. The van der Waals surface area contributed by atoms with Crippen molar-refractivity contribution in [1.82, 2.24) is 5.32 Å². The molecule has 3 aromatic carbocycles. The fourth-order valence-electron chi connectivity index (χ4n) is 3.04. The molecule has 0 aliphatic heterocycles. The summed E-state index contributed by atoms with van der Waals surface area (Å²) in [5.74, 6) is 0.347. The second-order valence-corrected chi connectivity index (χ2v) is 7.22. The Bertz CT molecular complexity index is 1140. The molecular weight excluding hydrogens is 436 g/mol. The Balaban J connectivity index is 1.48. The van der Waals surface area contributed by atoms with Crippen LogP contribution in [0, 0.1) is 0 Å². The van der Waals surface area contributed by atoms with Gasteiger partial charge in [0.2, 0.25) is 0 Å². The molecule has 0 bridgehead atoms. The molecule has 0 atom stereocenters. The maximum Gasteiger partial charge on any atom is 0.308 e. The van der Waals surface area contributed by atoms with Crippen LogP contribution in [0.5, 0.6) is 17.2 Å². The number of benzene rings is 3. The first-order valence-electron chi connectivity index (χ1n) is 10.7. The second kappa shape index (κ2) is 12.1. The molecule has 0 heterocycles. The Hall–Kier alpha value is -4.33. The van der Waals surface area contributed by atoms with Crippen LogP contribution < -0.4 is 24.8 Å². The molecule has 0 radical (unpaired) electrons. The van der Waals surface area contributed by atoms with Crippen LogP contribution in [0.2, 0.25) is 0 Å². The van der Waals surface area contributed by atoms with E-state index < -0.39 is 5.97 Å². The summed E-state index contributed by atoms with van der Waals surface area (Å²) in [7, 11) is 0. The van der Waals surface area contributed by atoms with E-state index in [9.17, 15) is 14.4 Å². The van der Waals surface area contributed by atoms with Crippen molar-refractivity contribution in [2.45, 2.75) is 20.4 Å². The minimum atomic E-state index is -0.452. The lowest BCUT2D eigenvalue weighted by atomic mass is 10.1. The molecular formula is C26H26N2O6. The highest BCUT2D eigenvalue weighted by Crippen LogP contribution is 2.26. The molecule has 8 heteroatoms. The second-order valence-electron chi connectivity index (χ2n) is 7.22. The summed E-state index contributed by atoms with van der Waals surface area (Å²) in [6, 6.07) is 20.7. The van der Waals surface area contributed by atoms with Crippen LogP contribution in [0.25, 0.3) is 0 Å². The Morgan fingerprint density at radius 1 is 0.853 bits per heavy atom. The van der Waals surface area contributed by atoms with Gasteiger partial charge in [0.25, 0.3) is 11.8 Å². The number of carbonyl (C=O) groups excluding carboxylic acids is 3. The smallest absolute Gasteiger partial charge is 0.308 e. The summed E-state index contributed by atoms with van der Waals surface area (Å²) < 4.78 is 16.1. The molecule has 2 amide bonds. The van der Waals surface area contributed by atoms with Crippen molar-refractivity contribution in [1.29, 1.82) is 0 Å². The third-order valence-corrected chi connectivity index (χ3v) is 4.56. The summed E-state index contributed by atoms with van der Waals surface area (Å²) >= 11 is 0. The van der Waals surface area contributed by atoms with Crippen LogP contribution in [0.3, 0.4) is 0 Å². The fourth-order valence-corrected chi connectivity index (χ4v) is 3.04. The third kappa shape index (κ3) is 7.37. The average Bonchev–Trinajstić information content (AvgIpc) is 2.83. The summed E-state index contributed by atoms with van der Waals surface area (Å²) in [5, 5.41) is 5.58. The summed E-state index contributed by atoms with van der Waals surface area (Å²) in [4.78, 5) is 35.7. The minimum Gasteiger partial charge on any atom is -0.490 e. The van der Waals surface area contributed by atoms with Crippen LogP contribution in [-0.2, 0) is 16.1 Å². The Labute approximate surface area is 197 Å². The normalized spacial score (nSPS) is 10.2. The molecule has 176 valence electrons. The van der Waals surface area contributed by atoms with Gasteiger partial charge in [-0.1, -0.05) is 30.3 Å². The van der Waals surface area contributed by atoms with Gasteiger partial charge in [-0.25, -0.2) is 0 Å². The van der Waals surface area contributed by atoms with E-state index >= 15 is 0 Å². The number of carbonyl (C=O) groups is 3. The summed E-state index contributed by atoms with van der Waals surface area (Å²) in [6.07, 6.45) is 0. The van der Waals surface area contributed by atoms with E-state index in [0.29, 0.717) is 41.7 Å². The van der Waals surface area contributed by atoms with E-state index in [1.807, 2.05) is 19.1 Å². The number of hydrogen-bond acceptors (Lipinski definition) is 6.